The first kappa shape index (κ1) is 32.0. The van der Waals surface area contributed by atoms with Crippen LogP contribution in [0, 0.1) is 0 Å². The number of anilines is 1. The number of hydrogen-bond acceptors (Lipinski definition) is 8. The van der Waals surface area contributed by atoms with Crippen LogP contribution < -0.4 is 10.2 Å². The molecule has 0 unspecified atom stereocenters. The quantitative estimate of drug-likeness (QED) is 0.292. The predicted molar refractivity (Wildman–Crippen MR) is 168 cm³/mol. The minimum absolute atomic E-state index is 0.213. The Balaban J connectivity index is 1.61. The number of benzene rings is 1. The number of carbonyl (C=O) groups is 2. The second-order valence-corrected chi connectivity index (χ2v) is 12.2. The van der Waals surface area contributed by atoms with Crippen molar-refractivity contribution in [2.24, 2.45) is 4.99 Å². The highest BCUT2D eigenvalue weighted by Gasteiger charge is 2.23. The van der Waals surface area contributed by atoms with E-state index in [4.69, 9.17) is 4.74 Å². The molecule has 1 saturated heterocycles. The van der Waals surface area contributed by atoms with Gasteiger partial charge in [0.25, 0.3) is 5.91 Å². The number of nitrogens with zero attached hydrogens (tertiary/aromatic N) is 5. The van der Waals surface area contributed by atoms with Crippen molar-refractivity contribution < 1.29 is 14.3 Å². The van der Waals surface area contributed by atoms with Crippen LogP contribution in [0.5, 0.6) is 0 Å². The lowest BCUT2D eigenvalue weighted by atomic mass is 10.1. The van der Waals surface area contributed by atoms with Crippen molar-refractivity contribution in [3.05, 3.63) is 70.3 Å². The van der Waals surface area contributed by atoms with E-state index in [0.717, 1.165) is 48.1 Å². The van der Waals surface area contributed by atoms with Gasteiger partial charge in [-0.05, 0) is 59.4 Å². The van der Waals surface area contributed by atoms with Gasteiger partial charge in [-0.2, -0.15) is 0 Å². The predicted octanol–water partition coefficient (Wildman–Crippen LogP) is 5.16. The zero-order valence-corrected chi connectivity index (χ0v) is 26.1. The fourth-order valence-corrected chi connectivity index (χ4v) is 5.16. The first-order valence-corrected chi connectivity index (χ1v) is 14.9. The Labute approximate surface area is 248 Å². The monoisotopic (exact) mass is 580 g/mol. The van der Waals surface area contributed by atoms with Gasteiger partial charge in [-0.3, -0.25) is 9.79 Å². The molecule has 3 rings (SSSR count). The van der Waals surface area contributed by atoms with Gasteiger partial charge in [0.15, 0.2) is 0 Å². The number of carbonyl (C=O) groups excluding carboxylic acids is 2. The summed E-state index contributed by atoms with van der Waals surface area (Å²) in [6.07, 6.45) is 3.76. The van der Waals surface area contributed by atoms with Crippen LogP contribution >= 0.6 is 11.3 Å². The van der Waals surface area contributed by atoms with Crippen LogP contribution in [0.15, 0.2) is 59.1 Å². The highest BCUT2D eigenvalue weighted by molar-refractivity contribution is 7.09. The number of aliphatic imine (C=N–C) groups is 1. The van der Waals surface area contributed by atoms with E-state index in [2.05, 4.69) is 50.9 Å². The first-order valence-electron chi connectivity index (χ1n) is 14.0. The van der Waals surface area contributed by atoms with Crippen LogP contribution in [0.2, 0.25) is 0 Å². The number of thiazole rings is 1. The topological polar surface area (TPSA) is 90.4 Å². The average Bonchev–Trinajstić information content (AvgIpc) is 3.38. The Bertz CT molecular complexity index is 1250. The number of likely N-dealkylation sites (N-methyl/N-ethyl adjacent to an activating group) is 1. The Morgan fingerprint density at radius 1 is 1.22 bits per heavy atom. The molecule has 2 aromatic rings. The van der Waals surface area contributed by atoms with Crippen LogP contribution in [0.4, 0.5) is 10.5 Å². The molecule has 1 aliphatic heterocycles. The molecular weight excluding hydrogens is 536 g/mol. The summed E-state index contributed by atoms with van der Waals surface area (Å²) < 4.78 is 5.63. The van der Waals surface area contributed by atoms with Crippen molar-refractivity contribution in [1.82, 2.24) is 20.1 Å². The second-order valence-electron chi connectivity index (χ2n) is 11.2. The zero-order valence-electron chi connectivity index (χ0n) is 25.3. The number of ether oxygens (including phenoxy) is 1. The molecule has 0 aliphatic carbocycles. The van der Waals surface area contributed by atoms with E-state index in [-0.39, 0.29) is 5.91 Å². The summed E-state index contributed by atoms with van der Waals surface area (Å²) in [4.78, 5) is 41.3. The van der Waals surface area contributed by atoms with Crippen LogP contribution in [-0.4, -0.2) is 84.4 Å². The molecule has 0 atom stereocenters. The SMILES string of the molecule is C=C(/C=C\C)/N=C(\C)CN(CCc1nc(C(=O)NCc2ccccc2N2CCN(C)CC2)cs1)C(=O)OC(C)(C)C. The van der Waals surface area contributed by atoms with Crippen molar-refractivity contribution in [2.75, 3.05) is 51.2 Å². The summed E-state index contributed by atoms with van der Waals surface area (Å²) >= 11 is 1.41. The van der Waals surface area contributed by atoms with E-state index in [1.54, 1.807) is 10.3 Å². The molecule has 9 nitrogen and oxygen atoms in total. The summed E-state index contributed by atoms with van der Waals surface area (Å²) in [5, 5.41) is 5.57. The highest BCUT2D eigenvalue weighted by atomic mass is 32.1. The third kappa shape index (κ3) is 10.4. The highest BCUT2D eigenvalue weighted by Crippen LogP contribution is 2.22. The Morgan fingerprint density at radius 3 is 2.61 bits per heavy atom. The molecular formula is C31H44N6O3S. The molecule has 41 heavy (non-hydrogen) atoms. The summed E-state index contributed by atoms with van der Waals surface area (Å²) in [5.74, 6) is -0.213. The smallest absolute Gasteiger partial charge is 0.410 e. The number of aromatic nitrogens is 1. The maximum absolute atomic E-state index is 13.0. The average molecular weight is 581 g/mol. The molecule has 222 valence electrons. The number of piperazine rings is 1. The maximum Gasteiger partial charge on any atom is 0.410 e. The van der Waals surface area contributed by atoms with Gasteiger partial charge in [0.1, 0.15) is 11.3 Å². The van der Waals surface area contributed by atoms with Gasteiger partial charge in [0.05, 0.1) is 17.2 Å². The van der Waals surface area contributed by atoms with Gasteiger partial charge >= 0.3 is 6.09 Å². The van der Waals surface area contributed by atoms with E-state index in [0.29, 0.717) is 37.4 Å². The number of amides is 2. The minimum Gasteiger partial charge on any atom is -0.444 e. The number of hydrogen-bond donors (Lipinski definition) is 1. The van der Waals surface area contributed by atoms with Gasteiger partial charge in [-0.25, -0.2) is 9.78 Å². The fourth-order valence-electron chi connectivity index (χ4n) is 4.39. The molecule has 1 aromatic carbocycles. The number of nitrogens with one attached hydrogen (secondary N) is 1. The molecule has 0 bridgehead atoms. The largest absolute Gasteiger partial charge is 0.444 e. The van der Waals surface area contributed by atoms with E-state index >= 15 is 0 Å². The van der Waals surface area contributed by atoms with Crippen LogP contribution in [0.3, 0.4) is 0 Å². The van der Waals surface area contributed by atoms with E-state index < -0.39 is 11.7 Å². The number of allylic oxidation sites excluding steroid dienone is 2. The van der Waals surface area contributed by atoms with E-state index in [1.165, 1.54) is 11.3 Å². The van der Waals surface area contributed by atoms with E-state index in [1.807, 2.05) is 58.9 Å². The molecule has 0 saturated carbocycles. The molecule has 1 N–H and O–H groups in total. The van der Waals surface area contributed by atoms with Crippen LogP contribution in [0.25, 0.3) is 0 Å². The Hall–Kier alpha value is -3.50. The number of para-hydroxylation sites is 1. The lowest BCUT2D eigenvalue weighted by Crippen LogP contribution is -2.45. The molecule has 10 heteroatoms. The van der Waals surface area contributed by atoms with Gasteiger partial charge in [-0.1, -0.05) is 30.9 Å². The third-order valence-electron chi connectivity index (χ3n) is 6.42. The van der Waals surface area contributed by atoms with Crippen molar-refractivity contribution in [2.45, 2.75) is 53.2 Å². The molecule has 0 radical (unpaired) electrons. The lowest BCUT2D eigenvalue weighted by molar-refractivity contribution is 0.0280. The standard InChI is InChI=1S/C31H44N6O3S/c1-8-11-23(2)33-24(3)21-37(30(39)40-31(4,5)6)15-14-28-34-26(22-41-28)29(38)32-20-25-12-9-10-13-27(25)36-18-16-35(7)17-19-36/h8-13,22H,2,14-21H2,1,3-7H3,(H,32,38)/b11-8-,33-24+. The van der Waals surface area contributed by atoms with E-state index in [9.17, 15) is 9.59 Å². The lowest BCUT2D eigenvalue weighted by Gasteiger charge is -2.35. The normalized spacial score (nSPS) is 14.8. The Kier molecular flexibility index (Phi) is 11.7. The zero-order chi connectivity index (χ0) is 30.0. The fraction of sp³-hybridized carbons (Fsp3) is 0.484. The molecule has 1 aliphatic rings. The summed E-state index contributed by atoms with van der Waals surface area (Å²) in [6.45, 7) is 18.3. The third-order valence-corrected chi connectivity index (χ3v) is 7.33. The summed E-state index contributed by atoms with van der Waals surface area (Å²) in [5.41, 5.74) is 3.38. The molecule has 0 spiro atoms. The number of rotatable bonds is 11. The van der Waals surface area contributed by atoms with Crippen LogP contribution in [-0.2, 0) is 17.7 Å². The summed E-state index contributed by atoms with van der Waals surface area (Å²) in [7, 11) is 2.14. The molecule has 1 aromatic heterocycles. The van der Waals surface area contributed by atoms with Gasteiger partial charge in [0.2, 0.25) is 0 Å². The molecule has 2 heterocycles. The van der Waals surface area contributed by atoms with Crippen molar-refractivity contribution in [1.29, 1.82) is 0 Å². The molecule has 1 fully saturated rings. The van der Waals surface area contributed by atoms with Gasteiger partial charge < -0.3 is 24.8 Å². The van der Waals surface area contributed by atoms with Crippen molar-refractivity contribution in [3.63, 3.8) is 0 Å². The van der Waals surface area contributed by atoms with Crippen LogP contribution in [0.1, 0.15) is 55.7 Å². The van der Waals surface area contributed by atoms with Gasteiger partial charge in [0, 0.05) is 62.5 Å². The second kappa shape index (κ2) is 14.9. The first-order chi connectivity index (χ1) is 19.4. The Morgan fingerprint density at radius 2 is 1.93 bits per heavy atom. The minimum atomic E-state index is -0.621. The summed E-state index contributed by atoms with van der Waals surface area (Å²) in [6, 6.07) is 8.22. The van der Waals surface area contributed by atoms with Crippen molar-refractivity contribution in [3.8, 4) is 0 Å². The van der Waals surface area contributed by atoms with Crippen molar-refractivity contribution >= 4 is 34.7 Å². The van der Waals surface area contributed by atoms with Gasteiger partial charge in [-0.15, -0.1) is 11.3 Å². The maximum atomic E-state index is 13.0. The molecule has 2 amide bonds.